The summed E-state index contributed by atoms with van der Waals surface area (Å²) in [5.74, 6) is 0.625. The van der Waals surface area contributed by atoms with Gasteiger partial charge in [-0.05, 0) is 19.3 Å². The maximum atomic E-state index is 11.1. The van der Waals surface area contributed by atoms with Gasteiger partial charge in [0.05, 0.1) is 12.5 Å². The Balaban J connectivity index is 0. The Labute approximate surface area is 94.6 Å². The average molecular weight is 217 g/mol. The summed E-state index contributed by atoms with van der Waals surface area (Å²) in [6, 6.07) is 0. The molecule has 3 nitrogen and oxygen atoms in total. The first kappa shape index (κ1) is 16.8. The highest BCUT2D eigenvalue weighted by molar-refractivity contribution is 5.76. The van der Waals surface area contributed by atoms with Crippen molar-refractivity contribution in [2.24, 2.45) is 5.92 Å². The van der Waals surface area contributed by atoms with Gasteiger partial charge in [-0.1, -0.05) is 27.7 Å². The fourth-order valence-corrected chi connectivity index (χ4v) is 1.28. The van der Waals surface area contributed by atoms with Crippen molar-refractivity contribution < 1.29 is 9.53 Å². The minimum atomic E-state index is 0.0547. The van der Waals surface area contributed by atoms with Crippen molar-refractivity contribution in [3.05, 3.63) is 0 Å². The van der Waals surface area contributed by atoms with Gasteiger partial charge in [0.1, 0.15) is 0 Å². The molecule has 1 atom stereocenters. The van der Waals surface area contributed by atoms with Gasteiger partial charge in [-0.3, -0.25) is 4.79 Å². The second kappa shape index (κ2) is 11.5. The second-order valence-electron chi connectivity index (χ2n) is 3.58. The minimum absolute atomic E-state index is 0.0547. The lowest BCUT2D eigenvalue weighted by Gasteiger charge is -2.17. The summed E-state index contributed by atoms with van der Waals surface area (Å²) in [5.41, 5.74) is 0. The van der Waals surface area contributed by atoms with Gasteiger partial charge >= 0.3 is 0 Å². The molecule has 0 aliphatic carbocycles. The largest absolute Gasteiger partial charge is 0.378 e. The number of ether oxygens (including phenoxy) is 1. The van der Waals surface area contributed by atoms with Crippen LogP contribution in [0, 0.1) is 5.92 Å². The van der Waals surface area contributed by atoms with Gasteiger partial charge in [0.15, 0.2) is 0 Å². The zero-order valence-electron chi connectivity index (χ0n) is 11.1. The maximum Gasteiger partial charge on any atom is 0.222 e. The Kier molecular flexibility index (Phi) is 12.9. The standard InChI is InChI=1S/C10H21NO2.C2H6/c1-5-13-9(6-8(2)3)7-10(12)11-4;1-2/h8-9H,5-7H2,1-4H3,(H,11,12);1-2H3. The van der Waals surface area contributed by atoms with E-state index in [1.165, 1.54) is 0 Å². The van der Waals surface area contributed by atoms with Crippen LogP contribution in [0.15, 0.2) is 0 Å². The number of carbonyl (C=O) groups excluding carboxylic acids is 1. The molecule has 0 bridgehead atoms. The molecule has 0 saturated heterocycles. The number of amides is 1. The Morgan fingerprint density at radius 2 is 1.87 bits per heavy atom. The Morgan fingerprint density at radius 1 is 1.33 bits per heavy atom. The van der Waals surface area contributed by atoms with Crippen LogP contribution in [0.4, 0.5) is 0 Å². The van der Waals surface area contributed by atoms with Gasteiger partial charge in [0.2, 0.25) is 5.91 Å². The lowest BCUT2D eigenvalue weighted by molar-refractivity contribution is -0.123. The summed E-state index contributed by atoms with van der Waals surface area (Å²) < 4.78 is 5.46. The predicted octanol–water partition coefficient (Wildman–Crippen LogP) is 2.60. The number of rotatable bonds is 6. The van der Waals surface area contributed by atoms with Crippen LogP contribution in [0.2, 0.25) is 0 Å². The van der Waals surface area contributed by atoms with Crippen molar-refractivity contribution in [3.63, 3.8) is 0 Å². The van der Waals surface area contributed by atoms with Crippen LogP contribution in [0.3, 0.4) is 0 Å². The van der Waals surface area contributed by atoms with Crippen molar-refractivity contribution in [1.29, 1.82) is 0 Å². The van der Waals surface area contributed by atoms with E-state index >= 15 is 0 Å². The molecule has 92 valence electrons. The number of hydrogen-bond acceptors (Lipinski definition) is 2. The third-order valence-electron chi connectivity index (χ3n) is 1.83. The Bertz CT molecular complexity index is 147. The molecule has 0 aromatic rings. The first-order valence-electron chi connectivity index (χ1n) is 5.92. The molecule has 0 aliphatic rings. The third kappa shape index (κ3) is 11.4. The van der Waals surface area contributed by atoms with E-state index in [4.69, 9.17) is 4.74 Å². The number of hydrogen-bond donors (Lipinski definition) is 1. The molecule has 15 heavy (non-hydrogen) atoms. The molecule has 0 aromatic heterocycles. The van der Waals surface area contributed by atoms with Gasteiger partial charge in [-0.25, -0.2) is 0 Å². The van der Waals surface area contributed by atoms with Crippen molar-refractivity contribution in [2.45, 2.75) is 53.6 Å². The van der Waals surface area contributed by atoms with Crippen molar-refractivity contribution in [3.8, 4) is 0 Å². The van der Waals surface area contributed by atoms with E-state index in [0.717, 1.165) is 6.42 Å². The van der Waals surface area contributed by atoms with Crippen LogP contribution in [0.5, 0.6) is 0 Å². The van der Waals surface area contributed by atoms with Crippen LogP contribution in [-0.2, 0) is 9.53 Å². The van der Waals surface area contributed by atoms with E-state index in [1.54, 1.807) is 7.05 Å². The van der Waals surface area contributed by atoms with Gasteiger partial charge in [-0.2, -0.15) is 0 Å². The molecule has 0 rings (SSSR count). The molecule has 0 spiro atoms. The summed E-state index contributed by atoms with van der Waals surface area (Å²) in [4.78, 5) is 11.1. The minimum Gasteiger partial charge on any atom is -0.378 e. The van der Waals surface area contributed by atoms with E-state index in [2.05, 4.69) is 19.2 Å². The van der Waals surface area contributed by atoms with E-state index < -0.39 is 0 Å². The zero-order chi connectivity index (χ0) is 12.3. The fourth-order valence-electron chi connectivity index (χ4n) is 1.28. The second-order valence-corrected chi connectivity index (χ2v) is 3.58. The molecule has 1 amide bonds. The molecule has 1 N–H and O–H groups in total. The summed E-state index contributed by atoms with van der Waals surface area (Å²) in [6.07, 6.45) is 1.49. The van der Waals surface area contributed by atoms with Gasteiger partial charge in [0.25, 0.3) is 0 Å². The van der Waals surface area contributed by atoms with E-state index in [-0.39, 0.29) is 12.0 Å². The fraction of sp³-hybridized carbons (Fsp3) is 0.917. The summed E-state index contributed by atoms with van der Waals surface area (Å²) in [7, 11) is 1.65. The number of nitrogens with one attached hydrogen (secondary N) is 1. The number of carbonyl (C=O) groups is 1. The molecule has 0 radical (unpaired) electrons. The lowest BCUT2D eigenvalue weighted by Crippen LogP contribution is -2.26. The molecule has 1 unspecified atom stereocenters. The lowest BCUT2D eigenvalue weighted by atomic mass is 10.0. The van der Waals surface area contributed by atoms with Crippen LogP contribution in [0.25, 0.3) is 0 Å². The molecule has 3 heteroatoms. The Morgan fingerprint density at radius 3 is 2.20 bits per heavy atom. The normalized spacial score (nSPS) is 11.7. The van der Waals surface area contributed by atoms with E-state index in [9.17, 15) is 4.79 Å². The third-order valence-corrected chi connectivity index (χ3v) is 1.83. The van der Waals surface area contributed by atoms with Crippen molar-refractivity contribution >= 4 is 5.91 Å². The summed E-state index contributed by atoms with van der Waals surface area (Å²) in [5, 5.41) is 2.61. The first-order chi connectivity index (χ1) is 7.10. The van der Waals surface area contributed by atoms with Crippen molar-refractivity contribution in [1.82, 2.24) is 5.32 Å². The zero-order valence-corrected chi connectivity index (χ0v) is 11.1. The highest BCUT2D eigenvalue weighted by Gasteiger charge is 2.14. The quantitative estimate of drug-likeness (QED) is 0.742. The summed E-state index contributed by atoms with van der Waals surface area (Å²) in [6.45, 7) is 10.9. The first-order valence-corrected chi connectivity index (χ1v) is 5.92. The molecular weight excluding hydrogens is 190 g/mol. The van der Waals surface area contributed by atoms with E-state index in [1.807, 2.05) is 20.8 Å². The Hall–Kier alpha value is -0.570. The van der Waals surface area contributed by atoms with Gasteiger partial charge < -0.3 is 10.1 Å². The predicted molar refractivity (Wildman–Crippen MR) is 64.9 cm³/mol. The molecule has 0 saturated carbocycles. The smallest absolute Gasteiger partial charge is 0.222 e. The molecule has 0 aliphatic heterocycles. The molecular formula is C12H27NO2. The van der Waals surface area contributed by atoms with Crippen LogP contribution in [0.1, 0.15) is 47.5 Å². The molecule has 0 fully saturated rings. The van der Waals surface area contributed by atoms with Gasteiger partial charge in [-0.15, -0.1) is 0 Å². The molecule has 0 aromatic carbocycles. The topological polar surface area (TPSA) is 38.3 Å². The van der Waals surface area contributed by atoms with E-state index in [0.29, 0.717) is 18.9 Å². The maximum absolute atomic E-state index is 11.1. The summed E-state index contributed by atoms with van der Waals surface area (Å²) >= 11 is 0. The average Bonchev–Trinajstić information content (AvgIpc) is 2.20. The highest BCUT2D eigenvalue weighted by atomic mass is 16.5. The van der Waals surface area contributed by atoms with Crippen molar-refractivity contribution in [2.75, 3.05) is 13.7 Å². The molecule has 0 heterocycles. The van der Waals surface area contributed by atoms with Crippen LogP contribution in [-0.4, -0.2) is 25.7 Å². The highest BCUT2D eigenvalue weighted by Crippen LogP contribution is 2.11. The SMILES string of the molecule is CC.CCOC(CC(=O)NC)CC(C)C. The van der Waals surface area contributed by atoms with Crippen LogP contribution >= 0.6 is 0 Å². The monoisotopic (exact) mass is 217 g/mol. The van der Waals surface area contributed by atoms with Gasteiger partial charge in [0, 0.05) is 13.7 Å². The van der Waals surface area contributed by atoms with Crippen LogP contribution < -0.4 is 5.32 Å².